The normalized spacial score (nSPS) is 22.1. The lowest BCUT2D eigenvalue weighted by molar-refractivity contribution is 0.0443. The van der Waals surface area contributed by atoms with Crippen molar-refractivity contribution in [3.8, 4) is 11.1 Å². The second-order valence-electron chi connectivity index (χ2n) is 16.8. The summed E-state index contributed by atoms with van der Waals surface area (Å²) in [6.07, 6.45) is 8.67. The molecule has 4 aliphatic heterocycles. The third-order valence-electron chi connectivity index (χ3n) is 11.5. The minimum atomic E-state index is -1.12. The van der Waals surface area contributed by atoms with Gasteiger partial charge in [-0.2, -0.15) is 14.7 Å². The second-order valence-corrected chi connectivity index (χ2v) is 23.3. The number of hydrogen-bond donors (Lipinski definition) is 3. The SMILES string of the molecule is CC(=O)c1c(C2C[C@H]3CC[C@@H](C2)N3C(=O)c2ncn[nH]2)nc2c(-c3ccc([C@@H]4COC(=O)N4)nc3)cnn2c1N.C[Si](C)(C)CCOCN1C(=O)OC[C@H]1c1ccc(Br)cn1. The van der Waals surface area contributed by atoms with Gasteiger partial charge in [0.1, 0.15) is 44.2 Å². The number of rotatable bonds is 11. The van der Waals surface area contributed by atoms with Crippen LogP contribution >= 0.6 is 15.9 Å². The van der Waals surface area contributed by atoms with Crippen molar-refractivity contribution in [2.24, 2.45) is 0 Å². The summed E-state index contributed by atoms with van der Waals surface area (Å²) in [7, 11) is -1.12. The van der Waals surface area contributed by atoms with Gasteiger partial charge >= 0.3 is 12.2 Å². The third-order valence-corrected chi connectivity index (χ3v) is 13.6. The van der Waals surface area contributed by atoms with Crippen molar-refractivity contribution in [3.63, 3.8) is 0 Å². The number of aromatic nitrogens is 8. The Morgan fingerprint density at radius 1 is 0.984 bits per heavy atom. The monoisotopic (exact) mass is 914 g/mol. The predicted molar refractivity (Wildman–Crippen MR) is 226 cm³/mol. The molecule has 21 heteroatoms. The van der Waals surface area contributed by atoms with E-state index in [9.17, 15) is 19.2 Å². The summed E-state index contributed by atoms with van der Waals surface area (Å²) in [4.78, 5) is 70.6. The largest absolute Gasteiger partial charge is 0.447 e. The van der Waals surface area contributed by atoms with Crippen molar-refractivity contribution in [2.75, 3.05) is 32.3 Å². The van der Waals surface area contributed by atoms with Crippen LogP contribution in [0.2, 0.25) is 25.7 Å². The molecule has 4 aliphatic rings. The van der Waals surface area contributed by atoms with Gasteiger partial charge in [-0.05, 0) is 72.8 Å². The second kappa shape index (κ2) is 17.3. The summed E-state index contributed by atoms with van der Waals surface area (Å²) in [5, 5.41) is 13.7. The third kappa shape index (κ3) is 8.85. The number of Topliss-reactive ketones (excluding diaryl/α,β-unsaturated/α-hetero) is 1. The Balaban J connectivity index is 0.000000207. The number of alkyl carbamates (subject to hydrolysis) is 1. The van der Waals surface area contributed by atoms with E-state index in [2.05, 4.69) is 71.1 Å². The number of fused-ring (bicyclic) bond motifs is 3. The molecule has 0 aromatic carbocycles. The number of anilines is 1. The van der Waals surface area contributed by atoms with Gasteiger partial charge in [0.25, 0.3) is 5.91 Å². The maximum Gasteiger partial charge on any atom is 0.412 e. The molecule has 3 amide bonds. The topological polar surface area (TPSA) is 238 Å². The molecule has 1 unspecified atom stereocenters. The number of carbonyl (C=O) groups is 4. The van der Waals surface area contributed by atoms with Crippen LogP contribution < -0.4 is 11.1 Å². The molecular weight excluding hydrogens is 869 g/mol. The molecule has 0 radical (unpaired) electrons. The Labute approximate surface area is 360 Å². The van der Waals surface area contributed by atoms with Crippen LogP contribution in [0.25, 0.3) is 16.8 Å². The zero-order valence-corrected chi connectivity index (χ0v) is 36.8. The number of aromatic amines is 1. The van der Waals surface area contributed by atoms with Crippen molar-refractivity contribution in [3.05, 3.63) is 82.1 Å². The Morgan fingerprint density at radius 3 is 2.36 bits per heavy atom. The van der Waals surface area contributed by atoms with Crippen molar-refractivity contribution >= 4 is 59.3 Å². The lowest BCUT2D eigenvalue weighted by Gasteiger charge is -2.38. The molecule has 0 saturated carbocycles. The Hall–Kier alpha value is -5.80. The van der Waals surface area contributed by atoms with E-state index < -0.39 is 14.2 Å². The number of halogens is 1. The van der Waals surface area contributed by atoms with Gasteiger partial charge in [-0.25, -0.2) is 19.6 Å². The van der Waals surface area contributed by atoms with E-state index in [1.807, 2.05) is 29.2 Å². The Bertz CT molecular complexity index is 2410. The molecule has 320 valence electrons. The number of amides is 3. The number of piperidine rings is 1. The van der Waals surface area contributed by atoms with Gasteiger partial charge in [0.05, 0.1) is 28.8 Å². The number of nitrogens with one attached hydrogen (secondary N) is 2. The highest BCUT2D eigenvalue weighted by Crippen LogP contribution is 2.45. The van der Waals surface area contributed by atoms with E-state index >= 15 is 0 Å². The average molecular weight is 916 g/mol. The zero-order valence-electron chi connectivity index (χ0n) is 34.2. The molecule has 4 fully saturated rings. The fourth-order valence-corrected chi connectivity index (χ4v) is 9.33. The molecular formula is C40H47BrN12O7Si. The first kappa shape index (κ1) is 41.9. The summed E-state index contributed by atoms with van der Waals surface area (Å²) in [5.41, 5.74) is 11.1. The van der Waals surface area contributed by atoms with Crippen LogP contribution in [-0.2, 0) is 14.2 Å². The van der Waals surface area contributed by atoms with Crippen LogP contribution in [0, 0.1) is 0 Å². The molecule has 4 N–H and O–H groups in total. The molecule has 0 aliphatic carbocycles. The maximum absolute atomic E-state index is 13.1. The smallest absolute Gasteiger partial charge is 0.412 e. The number of carbonyl (C=O) groups excluding carboxylic acids is 4. The van der Waals surface area contributed by atoms with E-state index in [4.69, 9.17) is 24.9 Å². The highest BCUT2D eigenvalue weighted by atomic mass is 79.9. The van der Waals surface area contributed by atoms with E-state index in [1.165, 1.54) is 17.8 Å². The first-order valence-corrected chi connectivity index (χ1v) is 24.6. The van der Waals surface area contributed by atoms with Crippen LogP contribution in [-0.4, -0.2) is 120 Å². The van der Waals surface area contributed by atoms with Gasteiger partial charge in [-0.1, -0.05) is 25.7 Å². The number of nitrogens with zero attached hydrogens (tertiary/aromatic N) is 9. The van der Waals surface area contributed by atoms with Crippen molar-refractivity contribution in [2.45, 2.75) is 88.4 Å². The molecule has 9 heterocycles. The minimum absolute atomic E-state index is 0.00147. The van der Waals surface area contributed by atoms with Gasteiger partial charge in [0.2, 0.25) is 5.82 Å². The summed E-state index contributed by atoms with van der Waals surface area (Å²) in [6, 6.07) is 8.12. The molecule has 2 bridgehead atoms. The van der Waals surface area contributed by atoms with Crippen LogP contribution in [0.3, 0.4) is 0 Å². The zero-order chi connectivity index (χ0) is 43.0. The first-order valence-electron chi connectivity index (χ1n) is 20.1. The molecule has 61 heavy (non-hydrogen) atoms. The van der Waals surface area contributed by atoms with Crippen LogP contribution in [0.4, 0.5) is 15.4 Å². The molecule has 5 aromatic heterocycles. The number of nitrogens with two attached hydrogens (primary N) is 1. The molecule has 5 aromatic rings. The predicted octanol–water partition coefficient (Wildman–Crippen LogP) is 5.68. The summed E-state index contributed by atoms with van der Waals surface area (Å²) in [5.74, 6) is 0.0718. The van der Waals surface area contributed by atoms with Gasteiger partial charge in [-0.15, -0.1) is 0 Å². The average Bonchev–Trinajstić information content (AvgIpc) is 4.09. The highest BCUT2D eigenvalue weighted by Gasteiger charge is 2.46. The lowest BCUT2D eigenvalue weighted by atomic mass is 9.85. The van der Waals surface area contributed by atoms with E-state index in [1.54, 1.807) is 23.5 Å². The van der Waals surface area contributed by atoms with Crippen molar-refractivity contribution in [1.29, 1.82) is 0 Å². The van der Waals surface area contributed by atoms with Crippen LogP contribution in [0.5, 0.6) is 0 Å². The molecule has 19 nitrogen and oxygen atoms in total. The van der Waals surface area contributed by atoms with Crippen molar-refractivity contribution < 1.29 is 33.4 Å². The van der Waals surface area contributed by atoms with Gasteiger partial charge < -0.3 is 30.2 Å². The maximum atomic E-state index is 13.1. The van der Waals surface area contributed by atoms with Gasteiger partial charge in [-0.3, -0.25) is 29.6 Å². The Kier molecular flexibility index (Phi) is 11.9. The number of cyclic esters (lactones) is 2. The Morgan fingerprint density at radius 2 is 1.74 bits per heavy atom. The lowest BCUT2D eigenvalue weighted by Crippen LogP contribution is -2.46. The van der Waals surface area contributed by atoms with Crippen molar-refractivity contribution in [1.82, 2.24) is 54.9 Å². The van der Waals surface area contributed by atoms with Crippen LogP contribution in [0.15, 0.2) is 53.7 Å². The van der Waals surface area contributed by atoms with E-state index in [0.29, 0.717) is 48.7 Å². The molecule has 0 spiro atoms. The number of hydrogen-bond acceptors (Lipinski definition) is 14. The molecule has 9 rings (SSSR count). The standard InChI is InChI=1S/C26H26N10O4.C14H21BrN2O3Si/c1-12(37)20-21(14-6-15-3-4-16(7-14)35(15)25(38)23-29-11-30-34-23)33-24-17(9-31-36(24)22(20)27)13-2-5-18(28-8-13)19-10-40-26(39)32-19;1-21(2,3)7-6-19-10-17-13(9-20-14(17)18)12-5-4-11(15)8-16-12/h2,5,8-9,11,14-16,19H,3-4,6-7,10,27H2,1H3,(H,32,39)(H,29,30,34);4-5,8,13H,6-7,9-10H2,1-3H3/t14?,15-,16+,19-;13-/m00/s1. The fraction of sp³-hybridized carbons (Fsp3) is 0.450. The first-order chi connectivity index (χ1) is 29.3. The number of ether oxygens (including phenoxy) is 3. The molecule has 5 atom stereocenters. The van der Waals surface area contributed by atoms with Gasteiger partial charge in [0, 0.05) is 60.7 Å². The minimum Gasteiger partial charge on any atom is -0.447 e. The number of pyridine rings is 2. The summed E-state index contributed by atoms with van der Waals surface area (Å²) in [6.45, 7) is 9.87. The highest BCUT2D eigenvalue weighted by molar-refractivity contribution is 9.10. The van der Waals surface area contributed by atoms with Gasteiger partial charge in [0.15, 0.2) is 11.4 Å². The van der Waals surface area contributed by atoms with E-state index in [-0.39, 0.29) is 72.8 Å². The number of H-pyrrole nitrogens is 1. The summed E-state index contributed by atoms with van der Waals surface area (Å²) < 4.78 is 18.2. The van der Waals surface area contributed by atoms with Crippen LogP contribution in [0.1, 0.15) is 88.7 Å². The fourth-order valence-electron chi connectivity index (χ4n) is 8.33. The number of nitrogen functional groups attached to an aromatic ring is 1. The number of ketones is 1. The summed E-state index contributed by atoms with van der Waals surface area (Å²) >= 11 is 3.36. The quantitative estimate of drug-likeness (QED) is 0.0822. The van der Waals surface area contributed by atoms with E-state index in [0.717, 1.165) is 40.2 Å². The molecule has 4 saturated heterocycles.